The fraction of sp³-hybridized carbons (Fsp3) is 0.667. The van der Waals surface area contributed by atoms with E-state index in [0.717, 1.165) is 29.8 Å². The molecule has 1 aromatic rings. The van der Waals surface area contributed by atoms with Gasteiger partial charge >= 0.3 is 0 Å². The first-order valence-electron chi connectivity index (χ1n) is 7.86. The summed E-state index contributed by atoms with van der Waals surface area (Å²) in [6.07, 6.45) is 4.18. The molecule has 0 N–H and O–H groups in total. The summed E-state index contributed by atoms with van der Waals surface area (Å²) in [4.78, 5) is 2.68. The minimum absolute atomic E-state index is 0. The molecule has 2 aliphatic heterocycles. The average molecular weight is 294 g/mol. The topological polar surface area (TPSA) is 3.24 Å². The summed E-state index contributed by atoms with van der Waals surface area (Å²) in [5.74, 6) is 2.37. The molecule has 0 aliphatic carbocycles. The van der Waals surface area contributed by atoms with Crippen molar-refractivity contribution in [2.45, 2.75) is 58.0 Å². The first-order valence-corrected chi connectivity index (χ1v) is 7.86. The minimum Gasteiger partial charge on any atom is -0.300 e. The van der Waals surface area contributed by atoms with E-state index in [2.05, 4.69) is 57.0 Å². The summed E-state index contributed by atoms with van der Waals surface area (Å²) >= 11 is 0. The number of rotatable bonds is 2. The van der Waals surface area contributed by atoms with E-state index in [4.69, 9.17) is 0 Å². The normalized spacial score (nSPS) is 33.2. The van der Waals surface area contributed by atoms with E-state index in [1.807, 2.05) is 0 Å². The number of fused-ring (bicyclic) bond motifs is 2. The summed E-state index contributed by atoms with van der Waals surface area (Å²) in [6.45, 7) is 7.01. The Morgan fingerprint density at radius 1 is 1.10 bits per heavy atom. The van der Waals surface area contributed by atoms with Gasteiger partial charge in [-0.1, -0.05) is 43.7 Å². The Morgan fingerprint density at radius 2 is 1.75 bits per heavy atom. The number of hydrogen-bond acceptors (Lipinski definition) is 1. The Labute approximate surface area is 130 Å². The van der Waals surface area contributed by atoms with Crippen molar-refractivity contribution in [1.29, 1.82) is 0 Å². The van der Waals surface area contributed by atoms with Crippen LogP contribution in [0.2, 0.25) is 0 Å². The van der Waals surface area contributed by atoms with Gasteiger partial charge in [-0.05, 0) is 56.6 Å². The number of aryl methyl sites for hydroxylation is 1. The molecule has 1 aromatic carbocycles. The number of benzene rings is 1. The van der Waals surface area contributed by atoms with Gasteiger partial charge in [0.05, 0.1) is 0 Å². The summed E-state index contributed by atoms with van der Waals surface area (Å²) in [6, 6.07) is 11.0. The van der Waals surface area contributed by atoms with Crippen molar-refractivity contribution in [3.8, 4) is 0 Å². The third-order valence-corrected chi connectivity index (χ3v) is 5.60. The molecule has 2 saturated heterocycles. The molecule has 4 unspecified atom stereocenters. The highest BCUT2D eigenvalue weighted by Crippen LogP contribution is 2.48. The second kappa shape index (κ2) is 6.07. The van der Waals surface area contributed by atoms with Gasteiger partial charge in [0.1, 0.15) is 0 Å². The predicted molar refractivity (Wildman–Crippen MR) is 88.7 cm³/mol. The molecule has 0 radical (unpaired) electrons. The molecule has 2 heterocycles. The monoisotopic (exact) mass is 293 g/mol. The van der Waals surface area contributed by atoms with Crippen LogP contribution < -0.4 is 0 Å². The highest BCUT2D eigenvalue weighted by molar-refractivity contribution is 5.85. The Balaban J connectivity index is 0.00000147. The maximum Gasteiger partial charge on any atom is 0.0132 e. The van der Waals surface area contributed by atoms with Crippen LogP contribution >= 0.6 is 12.4 Å². The standard InChI is InChI=1S/C18H27N.ClH/c1-12(2)18-16(14-7-5-13(3)6-8-14)11-15-9-10-17(18)19(15)4;/h5-8,12,15-18H,9-11H2,1-4H3;1H. The number of halogens is 1. The summed E-state index contributed by atoms with van der Waals surface area (Å²) in [5.41, 5.74) is 2.95. The van der Waals surface area contributed by atoms with Crippen LogP contribution in [0.5, 0.6) is 0 Å². The molecule has 1 nitrogen and oxygen atoms in total. The molecule has 0 saturated carbocycles. The van der Waals surface area contributed by atoms with Gasteiger partial charge in [0.25, 0.3) is 0 Å². The van der Waals surface area contributed by atoms with Crippen molar-refractivity contribution in [3.63, 3.8) is 0 Å². The lowest BCUT2D eigenvalue weighted by molar-refractivity contribution is 0.0727. The molecule has 0 aromatic heterocycles. The first-order chi connectivity index (χ1) is 9.08. The van der Waals surface area contributed by atoms with Crippen LogP contribution in [0.3, 0.4) is 0 Å². The second-order valence-electron chi connectivity index (χ2n) is 7.04. The van der Waals surface area contributed by atoms with Gasteiger partial charge in [0.15, 0.2) is 0 Å². The van der Waals surface area contributed by atoms with Crippen LogP contribution in [0.1, 0.15) is 50.2 Å². The summed E-state index contributed by atoms with van der Waals surface area (Å²) in [7, 11) is 2.35. The van der Waals surface area contributed by atoms with Gasteiger partial charge in [-0.15, -0.1) is 12.4 Å². The third-order valence-electron chi connectivity index (χ3n) is 5.60. The molecule has 20 heavy (non-hydrogen) atoms. The van der Waals surface area contributed by atoms with Crippen LogP contribution in [-0.4, -0.2) is 24.0 Å². The number of hydrogen-bond donors (Lipinski definition) is 0. The number of nitrogens with zero attached hydrogens (tertiary/aromatic N) is 1. The van der Waals surface area contributed by atoms with Gasteiger partial charge in [0.2, 0.25) is 0 Å². The quantitative estimate of drug-likeness (QED) is 0.768. The van der Waals surface area contributed by atoms with Crippen molar-refractivity contribution in [2.24, 2.45) is 11.8 Å². The largest absolute Gasteiger partial charge is 0.300 e. The Bertz CT molecular complexity index is 439. The lowest BCUT2D eigenvalue weighted by atomic mass is 9.71. The van der Waals surface area contributed by atoms with Gasteiger partial charge in [0, 0.05) is 12.1 Å². The van der Waals surface area contributed by atoms with E-state index in [1.54, 1.807) is 5.56 Å². The van der Waals surface area contributed by atoms with E-state index in [-0.39, 0.29) is 12.4 Å². The molecule has 2 aliphatic rings. The third kappa shape index (κ3) is 2.63. The van der Waals surface area contributed by atoms with Crippen molar-refractivity contribution in [2.75, 3.05) is 7.05 Å². The van der Waals surface area contributed by atoms with Gasteiger partial charge < -0.3 is 4.90 Å². The molecule has 2 fully saturated rings. The highest BCUT2D eigenvalue weighted by Gasteiger charge is 2.46. The molecule has 2 heteroatoms. The van der Waals surface area contributed by atoms with E-state index >= 15 is 0 Å². The highest BCUT2D eigenvalue weighted by atomic mass is 35.5. The molecule has 112 valence electrons. The fourth-order valence-corrected chi connectivity index (χ4v) is 4.59. The van der Waals surface area contributed by atoms with Crippen LogP contribution in [0.4, 0.5) is 0 Å². The number of piperidine rings is 1. The second-order valence-corrected chi connectivity index (χ2v) is 7.04. The smallest absolute Gasteiger partial charge is 0.0132 e. The molecule has 0 spiro atoms. The summed E-state index contributed by atoms with van der Waals surface area (Å²) in [5, 5.41) is 0. The average Bonchev–Trinajstić information content (AvgIpc) is 2.63. The van der Waals surface area contributed by atoms with E-state index in [1.165, 1.54) is 24.8 Å². The maximum absolute atomic E-state index is 2.68. The zero-order chi connectivity index (χ0) is 13.6. The predicted octanol–water partition coefficient (Wildman–Crippen LogP) is 4.64. The van der Waals surface area contributed by atoms with E-state index in [0.29, 0.717) is 0 Å². The SMILES string of the molecule is Cc1ccc(C2CC3CCC(C2C(C)C)N3C)cc1.Cl. The van der Waals surface area contributed by atoms with Gasteiger partial charge in [-0.2, -0.15) is 0 Å². The molecular formula is C18H28ClN. The zero-order valence-electron chi connectivity index (χ0n) is 13.2. The van der Waals surface area contributed by atoms with Crippen LogP contribution in [0, 0.1) is 18.8 Å². The van der Waals surface area contributed by atoms with E-state index in [9.17, 15) is 0 Å². The molecule has 0 amide bonds. The summed E-state index contributed by atoms with van der Waals surface area (Å²) < 4.78 is 0. The maximum atomic E-state index is 2.68. The van der Waals surface area contributed by atoms with Crippen molar-refractivity contribution >= 4 is 12.4 Å². The zero-order valence-corrected chi connectivity index (χ0v) is 14.0. The molecule has 2 bridgehead atoms. The lowest BCUT2D eigenvalue weighted by Gasteiger charge is -2.45. The molecule has 3 rings (SSSR count). The Kier molecular flexibility index (Phi) is 4.81. The van der Waals surface area contributed by atoms with Crippen molar-refractivity contribution in [3.05, 3.63) is 35.4 Å². The first kappa shape index (κ1) is 15.9. The lowest BCUT2D eigenvalue weighted by Crippen LogP contribution is -2.47. The van der Waals surface area contributed by atoms with Crippen LogP contribution in [0.15, 0.2) is 24.3 Å². The molecule has 4 atom stereocenters. The fourth-order valence-electron chi connectivity index (χ4n) is 4.59. The van der Waals surface area contributed by atoms with Crippen molar-refractivity contribution in [1.82, 2.24) is 4.90 Å². The van der Waals surface area contributed by atoms with Gasteiger partial charge in [-0.3, -0.25) is 0 Å². The Hall–Kier alpha value is -0.530. The Morgan fingerprint density at radius 3 is 2.35 bits per heavy atom. The molecular weight excluding hydrogens is 266 g/mol. The van der Waals surface area contributed by atoms with Crippen LogP contribution in [0.25, 0.3) is 0 Å². The van der Waals surface area contributed by atoms with E-state index < -0.39 is 0 Å². The van der Waals surface area contributed by atoms with Crippen molar-refractivity contribution < 1.29 is 0 Å². The van der Waals surface area contributed by atoms with Crippen LogP contribution in [-0.2, 0) is 0 Å². The van der Waals surface area contributed by atoms with Gasteiger partial charge in [-0.25, -0.2) is 0 Å². The minimum atomic E-state index is 0.